The van der Waals surface area contributed by atoms with Crippen molar-refractivity contribution in [3.05, 3.63) is 22.4 Å². The fourth-order valence-corrected chi connectivity index (χ4v) is 3.01. The Bertz CT molecular complexity index is 396. The molecular weight excluding hydrogens is 234 g/mol. The summed E-state index contributed by atoms with van der Waals surface area (Å²) in [7, 11) is 1.86. The van der Waals surface area contributed by atoms with Gasteiger partial charge in [-0.2, -0.15) is 0 Å². The first-order valence-corrected chi connectivity index (χ1v) is 6.60. The lowest BCUT2D eigenvalue weighted by molar-refractivity contribution is 0.188. The summed E-state index contributed by atoms with van der Waals surface area (Å²) in [6.45, 7) is 5.21. The van der Waals surface area contributed by atoms with Crippen LogP contribution in [0.4, 0.5) is 4.79 Å². The number of likely N-dealkylation sites (N-methyl/N-ethyl adjacent to an activating group) is 1. The van der Waals surface area contributed by atoms with E-state index in [-0.39, 0.29) is 17.6 Å². The van der Waals surface area contributed by atoms with Crippen LogP contribution in [0.5, 0.6) is 0 Å². The average molecular weight is 253 g/mol. The molecule has 5 heteroatoms. The number of carbonyl (C=O) groups excluding carboxylic acids is 1. The standard InChI is InChI=1S/C12H19N3OS/c1-12(2,13)8-15-7-9(14(3)11(15)16)10-5-4-6-17-10/h4-6,9H,7-8,13H2,1-3H3. The molecule has 1 unspecified atom stereocenters. The molecule has 4 nitrogen and oxygen atoms in total. The van der Waals surface area contributed by atoms with Crippen LogP contribution in [0.1, 0.15) is 24.8 Å². The van der Waals surface area contributed by atoms with Crippen molar-refractivity contribution in [2.24, 2.45) is 5.73 Å². The number of nitrogens with zero attached hydrogens (tertiary/aromatic N) is 2. The van der Waals surface area contributed by atoms with Gasteiger partial charge in [0.2, 0.25) is 0 Å². The normalized spacial score (nSPS) is 21.4. The van der Waals surface area contributed by atoms with Gasteiger partial charge in [-0.1, -0.05) is 6.07 Å². The third-order valence-electron chi connectivity index (χ3n) is 2.90. The van der Waals surface area contributed by atoms with Crippen LogP contribution >= 0.6 is 11.3 Å². The van der Waals surface area contributed by atoms with Crippen LogP contribution < -0.4 is 5.73 Å². The van der Waals surface area contributed by atoms with Crippen molar-refractivity contribution in [2.45, 2.75) is 25.4 Å². The van der Waals surface area contributed by atoms with Crippen molar-refractivity contribution in [1.29, 1.82) is 0 Å². The van der Waals surface area contributed by atoms with Crippen molar-refractivity contribution >= 4 is 17.4 Å². The van der Waals surface area contributed by atoms with Crippen LogP contribution in [0.3, 0.4) is 0 Å². The first-order valence-electron chi connectivity index (χ1n) is 5.72. The van der Waals surface area contributed by atoms with Gasteiger partial charge in [-0.15, -0.1) is 11.3 Å². The minimum absolute atomic E-state index is 0.0712. The summed E-state index contributed by atoms with van der Waals surface area (Å²) >= 11 is 1.69. The molecule has 17 heavy (non-hydrogen) atoms. The van der Waals surface area contributed by atoms with Crippen LogP contribution in [0, 0.1) is 0 Å². The molecule has 94 valence electrons. The molecule has 1 fully saturated rings. The molecule has 1 saturated heterocycles. The second-order valence-electron chi connectivity index (χ2n) is 5.29. The quantitative estimate of drug-likeness (QED) is 0.894. The van der Waals surface area contributed by atoms with Gasteiger partial charge >= 0.3 is 6.03 Å². The van der Waals surface area contributed by atoms with E-state index in [4.69, 9.17) is 5.73 Å². The van der Waals surface area contributed by atoms with Crippen molar-refractivity contribution in [3.63, 3.8) is 0 Å². The van der Waals surface area contributed by atoms with Gasteiger partial charge in [0, 0.05) is 30.6 Å². The second kappa shape index (κ2) is 4.31. The third-order valence-corrected chi connectivity index (χ3v) is 3.88. The molecule has 1 aliphatic rings. The number of rotatable bonds is 3. The molecule has 2 amide bonds. The summed E-state index contributed by atoms with van der Waals surface area (Å²) in [6, 6.07) is 4.34. The van der Waals surface area contributed by atoms with E-state index in [0.717, 1.165) is 6.54 Å². The Morgan fingerprint density at radius 1 is 1.59 bits per heavy atom. The Balaban J connectivity index is 2.12. The number of nitrogens with two attached hydrogens (primary N) is 1. The van der Waals surface area contributed by atoms with E-state index in [1.165, 1.54) is 4.88 Å². The number of amides is 2. The summed E-state index contributed by atoms with van der Waals surface area (Å²) < 4.78 is 0. The predicted molar refractivity (Wildman–Crippen MR) is 70.1 cm³/mol. The van der Waals surface area contributed by atoms with E-state index in [1.54, 1.807) is 16.2 Å². The molecule has 1 aliphatic heterocycles. The van der Waals surface area contributed by atoms with Gasteiger partial charge in [0.25, 0.3) is 0 Å². The first-order chi connectivity index (χ1) is 7.88. The number of thiophene rings is 1. The van der Waals surface area contributed by atoms with E-state index in [0.29, 0.717) is 6.54 Å². The number of hydrogen-bond acceptors (Lipinski definition) is 3. The van der Waals surface area contributed by atoms with Crippen LogP contribution in [-0.4, -0.2) is 41.5 Å². The molecule has 0 aromatic carbocycles. The van der Waals surface area contributed by atoms with Gasteiger partial charge in [-0.25, -0.2) is 4.79 Å². The lowest BCUT2D eigenvalue weighted by atomic mass is 10.1. The zero-order chi connectivity index (χ0) is 12.6. The maximum absolute atomic E-state index is 12.1. The molecule has 0 saturated carbocycles. The number of carbonyl (C=O) groups is 1. The summed E-state index contributed by atoms with van der Waals surface area (Å²) in [4.78, 5) is 17.0. The minimum atomic E-state index is -0.346. The van der Waals surface area contributed by atoms with Crippen LogP contribution in [0.2, 0.25) is 0 Å². The van der Waals surface area contributed by atoms with Gasteiger partial charge in [0.1, 0.15) is 0 Å². The highest BCUT2D eigenvalue weighted by Crippen LogP contribution is 2.31. The van der Waals surface area contributed by atoms with Crippen molar-refractivity contribution < 1.29 is 4.79 Å². The van der Waals surface area contributed by atoms with E-state index >= 15 is 0 Å². The van der Waals surface area contributed by atoms with Crippen LogP contribution in [0.25, 0.3) is 0 Å². The zero-order valence-electron chi connectivity index (χ0n) is 10.5. The SMILES string of the molecule is CN1C(=O)N(CC(C)(C)N)CC1c1cccs1. The molecule has 2 rings (SSSR count). The molecular formula is C12H19N3OS. The van der Waals surface area contributed by atoms with E-state index < -0.39 is 0 Å². The summed E-state index contributed by atoms with van der Waals surface area (Å²) in [5.41, 5.74) is 5.63. The highest BCUT2D eigenvalue weighted by Gasteiger charge is 2.37. The minimum Gasteiger partial charge on any atom is -0.324 e. The summed E-state index contributed by atoms with van der Waals surface area (Å²) in [5, 5.41) is 2.04. The average Bonchev–Trinajstić information content (AvgIpc) is 2.80. The predicted octanol–water partition coefficient (Wildman–Crippen LogP) is 1.89. The van der Waals surface area contributed by atoms with Crippen molar-refractivity contribution in [2.75, 3.05) is 20.1 Å². The molecule has 2 N–H and O–H groups in total. The highest BCUT2D eigenvalue weighted by atomic mass is 32.1. The monoisotopic (exact) mass is 253 g/mol. The highest BCUT2D eigenvalue weighted by molar-refractivity contribution is 7.10. The topological polar surface area (TPSA) is 49.6 Å². The second-order valence-corrected chi connectivity index (χ2v) is 6.27. The van der Waals surface area contributed by atoms with Gasteiger partial charge in [0.05, 0.1) is 6.04 Å². The maximum atomic E-state index is 12.1. The van der Waals surface area contributed by atoms with Crippen molar-refractivity contribution in [1.82, 2.24) is 9.80 Å². The van der Waals surface area contributed by atoms with E-state index in [1.807, 2.05) is 37.2 Å². The van der Waals surface area contributed by atoms with Gasteiger partial charge in [0.15, 0.2) is 0 Å². The Morgan fingerprint density at radius 2 is 2.29 bits per heavy atom. The molecule has 0 spiro atoms. The molecule has 1 aromatic heterocycles. The Hall–Kier alpha value is -1.07. The smallest absolute Gasteiger partial charge is 0.320 e. The number of hydrogen-bond donors (Lipinski definition) is 1. The Labute approximate surface area is 106 Å². The van der Waals surface area contributed by atoms with E-state index in [9.17, 15) is 4.79 Å². The van der Waals surface area contributed by atoms with Crippen LogP contribution in [0.15, 0.2) is 17.5 Å². The fraction of sp³-hybridized carbons (Fsp3) is 0.583. The molecule has 1 aromatic rings. The lowest BCUT2D eigenvalue weighted by Crippen LogP contribution is -2.46. The largest absolute Gasteiger partial charge is 0.324 e. The first kappa shape index (κ1) is 12.4. The lowest BCUT2D eigenvalue weighted by Gasteiger charge is -2.25. The van der Waals surface area contributed by atoms with Crippen LogP contribution in [-0.2, 0) is 0 Å². The molecule has 0 radical (unpaired) electrons. The third kappa shape index (κ3) is 2.61. The molecule has 0 aliphatic carbocycles. The molecule has 1 atom stereocenters. The molecule has 2 heterocycles. The van der Waals surface area contributed by atoms with Gasteiger partial charge < -0.3 is 15.5 Å². The summed E-state index contributed by atoms with van der Waals surface area (Å²) in [5.74, 6) is 0. The Morgan fingerprint density at radius 3 is 2.82 bits per heavy atom. The van der Waals surface area contributed by atoms with Crippen molar-refractivity contribution in [3.8, 4) is 0 Å². The zero-order valence-corrected chi connectivity index (χ0v) is 11.3. The number of urea groups is 1. The maximum Gasteiger partial charge on any atom is 0.320 e. The Kier molecular flexibility index (Phi) is 3.14. The summed E-state index contributed by atoms with van der Waals surface area (Å²) in [6.07, 6.45) is 0. The fourth-order valence-electron chi connectivity index (χ4n) is 2.15. The van der Waals surface area contributed by atoms with E-state index in [2.05, 4.69) is 6.07 Å². The molecule has 0 bridgehead atoms. The van der Waals surface area contributed by atoms with Gasteiger partial charge in [-0.3, -0.25) is 0 Å². The van der Waals surface area contributed by atoms with Gasteiger partial charge in [-0.05, 0) is 25.3 Å².